The molecule has 0 fully saturated rings. The Hall–Kier alpha value is -2.82. The molecular formula is C15H10Cl2N4O3. The average Bonchev–Trinajstić information content (AvgIpc) is 2.54. The molecule has 2 rings (SSSR count). The highest BCUT2D eigenvalue weighted by Crippen LogP contribution is 2.27. The minimum Gasteiger partial charge on any atom is -0.376 e. The van der Waals surface area contributed by atoms with Gasteiger partial charge in [-0.25, -0.2) is 0 Å². The van der Waals surface area contributed by atoms with Gasteiger partial charge in [-0.1, -0.05) is 23.2 Å². The quantitative estimate of drug-likeness (QED) is 0.619. The highest BCUT2D eigenvalue weighted by atomic mass is 35.5. The molecule has 0 aliphatic heterocycles. The third kappa shape index (κ3) is 4.35. The molecule has 7 nitrogen and oxygen atoms in total. The summed E-state index contributed by atoms with van der Waals surface area (Å²) in [6, 6.07) is 10.6. The lowest BCUT2D eigenvalue weighted by molar-refractivity contribution is -0.384. The van der Waals surface area contributed by atoms with Gasteiger partial charge in [-0.15, -0.1) is 0 Å². The van der Waals surface area contributed by atoms with Gasteiger partial charge in [0.15, 0.2) is 0 Å². The van der Waals surface area contributed by atoms with Crippen LogP contribution in [0.4, 0.5) is 17.1 Å². The third-order valence-electron chi connectivity index (χ3n) is 2.97. The number of amides is 1. The smallest absolute Gasteiger partial charge is 0.289 e. The van der Waals surface area contributed by atoms with Crippen molar-refractivity contribution in [1.29, 1.82) is 5.26 Å². The van der Waals surface area contributed by atoms with E-state index in [1.54, 1.807) is 6.07 Å². The number of nitro benzene ring substituents is 1. The van der Waals surface area contributed by atoms with Crippen LogP contribution in [0.5, 0.6) is 0 Å². The minimum atomic E-state index is -0.612. The summed E-state index contributed by atoms with van der Waals surface area (Å²) in [5.41, 5.74) is 0.672. The Morgan fingerprint density at radius 1 is 1.25 bits per heavy atom. The fraction of sp³-hybridized carbons (Fsp3) is 0.0667. The number of nitro groups is 1. The summed E-state index contributed by atoms with van der Waals surface area (Å²) in [5, 5.41) is 25.5. The summed E-state index contributed by atoms with van der Waals surface area (Å²) in [6.45, 7) is -0.157. The zero-order valence-electron chi connectivity index (χ0n) is 12.0. The lowest BCUT2D eigenvalue weighted by Gasteiger charge is -2.09. The van der Waals surface area contributed by atoms with Gasteiger partial charge in [-0.05, 0) is 30.3 Å². The van der Waals surface area contributed by atoms with E-state index in [-0.39, 0.29) is 22.8 Å². The molecule has 0 bridgehead atoms. The predicted octanol–water partition coefficient (Wildman–Crippen LogP) is 3.82. The Bertz CT molecular complexity index is 849. The van der Waals surface area contributed by atoms with Gasteiger partial charge in [-0.3, -0.25) is 14.9 Å². The standard InChI is InChI=1S/C15H10Cl2N4O3/c16-10-2-1-9(7-18)13(5-10)20-15(22)8-19-11-3-4-12(17)14(6-11)21(23)24/h1-6,19H,8H2,(H,20,22). The fourth-order valence-corrected chi connectivity index (χ4v) is 2.22. The number of nitrogens with one attached hydrogen (secondary N) is 2. The molecule has 122 valence electrons. The zero-order valence-corrected chi connectivity index (χ0v) is 13.6. The molecule has 0 heterocycles. The van der Waals surface area contributed by atoms with Gasteiger partial charge in [-0.2, -0.15) is 5.26 Å². The van der Waals surface area contributed by atoms with Crippen LogP contribution in [-0.4, -0.2) is 17.4 Å². The second-order valence-corrected chi connectivity index (χ2v) is 5.47. The summed E-state index contributed by atoms with van der Waals surface area (Å²) < 4.78 is 0. The monoisotopic (exact) mass is 364 g/mol. The van der Waals surface area contributed by atoms with Crippen LogP contribution in [-0.2, 0) is 4.79 Å². The number of benzene rings is 2. The van der Waals surface area contributed by atoms with Crippen LogP contribution >= 0.6 is 23.2 Å². The normalized spacial score (nSPS) is 9.88. The molecule has 0 saturated carbocycles. The maximum absolute atomic E-state index is 12.0. The highest BCUT2D eigenvalue weighted by molar-refractivity contribution is 6.32. The first-order valence-corrected chi connectivity index (χ1v) is 7.33. The van der Waals surface area contributed by atoms with Gasteiger partial charge in [0.05, 0.1) is 22.7 Å². The first-order chi connectivity index (χ1) is 11.4. The molecule has 0 saturated heterocycles. The minimum absolute atomic E-state index is 0.00703. The summed E-state index contributed by atoms with van der Waals surface area (Å²) in [6.07, 6.45) is 0. The van der Waals surface area contributed by atoms with E-state index >= 15 is 0 Å². The number of carbonyl (C=O) groups is 1. The Morgan fingerprint density at radius 2 is 2.00 bits per heavy atom. The van der Waals surface area contributed by atoms with Crippen LogP contribution in [0.25, 0.3) is 0 Å². The SMILES string of the molecule is N#Cc1ccc(Cl)cc1NC(=O)CNc1ccc(Cl)c([N+](=O)[O-])c1. The van der Waals surface area contributed by atoms with Crippen LogP contribution in [0, 0.1) is 21.4 Å². The van der Waals surface area contributed by atoms with Crippen LogP contribution in [0.3, 0.4) is 0 Å². The molecule has 24 heavy (non-hydrogen) atoms. The number of rotatable bonds is 5. The average molecular weight is 365 g/mol. The first-order valence-electron chi connectivity index (χ1n) is 6.58. The summed E-state index contributed by atoms with van der Waals surface area (Å²) in [5.74, 6) is -0.439. The maximum atomic E-state index is 12.0. The Kier molecular flexibility index (Phi) is 5.58. The topological polar surface area (TPSA) is 108 Å². The molecule has 0 radical (unpaired) electrons. The number of carbonyl (C=O) groups excluding carboxylic acids is 1. The molecule has 0 aliphatic carbocycles. The summed E-state index contributed by atoms with van der Waals surface area (Å²) >= 11 is 11.6. The van der Waals surface area contributed by atoms with Crippen molar-refractivity contribution in [2.24, 2.45) is 0 Å². The zero-order chi connectivity index (χ0) is 17.7. The van der Waals surface area contributed by atoms with Crippen LogP contribution in [0.1, 0.15) is 5.56 Å². The van der Waals surface area contributed by atoms with E-state index < -0.39 is 10.8 Å². The van der Waals surface area contributed by atoms with Crippen LogP contribution < -0.4 is 10.6 Å². The van der Waals surface area contributed by atoms with Gasteiger partial charge in [0.2, 0.25) is 5.91 Å². The number of hydrogen-bond acceptors (Lipinski definition) is 5. The molecule has 0 spiro atoms. The van der Waals surface area contributed by atoms with Crippen molar-refractivity contribution in [2.45, 2.75) is 0 Å². The van der Waals surface area contributed by atoms with E-state index in [2.05, 4.69) is 10.6 Å². The van der Waals surface area contributed by atoms with Gasteiger partial charge in [0.25, 0.3) is 5.69 Å². The molecule has 0 unspecified atom stereocenters. The number of nitrogens with zero attached hydrogens (tertiary/aromatic N) is 2. The van der Waals surface area contributed by atoms with Gasteiger partial charge < -0.3 is 10.6 Å². The molecular weight excluding hydrogens is 355 g/mol. The highest BCUT2D eigenvalue weighted by Gasteiger charge is 2.13. The molecule has 9 heteroatoms. The summed E-state index contributed by atoms with van der Waals surface area (Å²) in [4.78, 5) is 22.2. The van der Waals surface area contributed by atoms with Crippen molar-refractivity contribution in [3.05, 3.63) is 62.1 Å². The lowest BCUT2D eigenvalue weighted by atomic mass is 10.2. The molecule has 0 atom stereocenters. The van der Waals surface area contributed by atoms with Crippen molar-refractivity contribution in [3.63, 3.8) is 0 Å². The largest absolute Gasteiger partial charge is 0.376 e. The van der Waals surface area contributed by atoms with Crippen LogP contribution in [0.15, 0.2) is 36.4 Å². The number of anilines is 2. The van der Waals surface area contributed by atoms with E-state index in [9.17, 15) is 14.9 Å². The second-order valence-electron chi connectivity index (χ2n) is 4.63. The number of hydrogen-bond donors (Lipinski definition) is 2. The molecule has 0 aliphatic rings. The number of nitriles is 1. The molecule has 1 amide bonds. The fourth-order valence-electron chi connectivity index (χ4n) is 1.86. The van der Waals surface area contributed by atoms with E-state index in [1.165, 1.54) is 30.3 Å². The Balaban J connectivity index is 2.04. The maximum Gasteiger partial charge on any atom is 0.289 e. The predicted molar refractivity (Wildman–Crippen MR) is 91.4 cm³/mol. The Labute approximate surface area is 146 Å². The van der Waals surface area contributed by atoms with Crippen molar-refractivity contribution in [3.8, 4) is 6.07 Å². The van der Waals surface area contributed by atoms with Crippen molar-refractivity contribution in [1.82, 2.24) is 0 Å². The molecule has 2 N–H and O–H groups in total. The van der Waals surface area contributed by atoms with Crippen molar-refractivity contribution < 1.29 is 9.72 Å². The second kappa shape index (κ2) is 7.64. The van der Waals surface area contributed by atoms with Gasteiger partial charge in [0.1, 0.15) is 11.1 Å². The van der Waals surface area contributed by atoms with Crippen molar-refractivity contribution >= 4 is 46.2 Å². The first kappa shape index (κ1) is 17.5. The van der Waals surface area contributed by atoms with Crippen LogP contribution in [0.2, 0.25) is 10.0 Å². The van der Waals surface area contributed by atoms with E-state index in [0.29, 0.717) is 16.4 Å². The number of halogens is 2. The Morgan fingerprint density at radius 3 is 2.67 bits per heavy atom. The molecule has 0 aromatic heterocycles. The third-order valence-corrected chi connectivity index (χ3v) is 3.53. The van der Waals surface area contributed by atoms with E-state index in [1.807, 2.05) is 6.07 Å². The van der Waals surface area contributed by atoms with E-state index in [4.69, 9.17) is 28.5 Å². The van der Waals surface area contributed by atoms with Gasteiger partial charge >= 0.3 is 0 Å². The van der Waals surface area contributed by atoms with Gasteiger partial charge in [0, 0.05) is 16.8 Å². The molecule has 2 aromatic carbocycles. The summed E-state index contributed by atoms with van der Waals surface area (Å²) in [7, 11) is 0. The van der Waals surface area contributed by atoms with E-state index in [0.717, 1.165) is 0 Å². The molecule has 2 aromatic rings. The van der Waals surface area contributed by atoms with Crippen molar-refractivity contribution in [2.75, 3.05) is 17.2 Å². The lowest BCUT2D eigenvalue weighted by Crippen LogP contribution is -2.22.